The molecule has 0 unspecified atom stereocenters. The van der Waals surface area contributed by atoms with E-state index in [1.807, 2.05) is 6.92 Å². The van der Waals surface area contributed by atoms with E-state index in [-0.39, 0.29) is 17.3 Å². The maximum atomic E-state index is 12.1. The molecule has 0 aromatic heterocycles. The number of anilines is 1. The van der Waals surface area contributed by atoms with E-state index in [2.05, 4.69) is 11.9 Å². The van der Waals surface area contributed by atoms with Crippen LogP contribution in [0.4, 0.5) is 11.4 Å². The number of amides is 1. The largest absolute Gasteiger partial charge is 0.496 e. The summed E-state index contributed by atoms with van der Waals surface area (Å²) in [7, 11) is 1.42. The predicted octanol–water partition coefficient (Wildman–Crippen LogP) is 3.45. The van der Waals surface area contributed by atoms with E-state index in [1.54, 1.807) is 19.1 Å². The van der Waals surface area contributed by atoms with E-state index in [1.165, 1.54) is 19.2 Å². The number of benzene rings is 1. The molecule has 0 aliphatic rings. The lowest BCUT2D eigenvalue weighted by molar-refractivity contribution is -0.384. The molecule has 21 heavy (non-hydrogen) atoms. The average Bonchev–Trinajstić information content (AvgIpc) is 2.44. The van der Waals surface area contributed by atoms with Crippen molar-refractivity contribution in [1.82, 2.24) is 0 Å². The highest BCUT2D eigenvalue weighted by atomic mass is 16.6. The molecule has 0 fully saturated rings. The summed E-state index contributed by atoms with van der Waals surface area (Å²) < 4.78 is 4.95. The van der Waals surface area contributed by atoms with Gasteiger partial charge in [0.2, 0.25) is 0 Å². The summed E-state index contributed by atoms with van der Waals surface area (Å²) in [6, 6.07) is 4.27. The Morgan fingerprint density at radius 1 is 1.52 bits per heavy atom. The second-order valence-electron chi connectivity index (χ2n) is 4.46. The number of nitro groups is 1. The summed E-state index contributed by atoms with van der Waals surface area (Å²) in [5.41, 5.74) is 1.17. The van der Waals surface area contributed by atoms with Crippen molar-refractivity contribution in [2.24, 2.45) is 0 Å². The number of ether oxygens (including phenoxy) is 1. The van der Waals surface area contributed by atoms with Gasteiger partial charge in [-0.3, -0.25) is 14.9 Å². The second kappa shape index (κ2) is 7.23. The molecular weight excluding hydrogens is 272 g/mol. The molecule has 1 aromatic carbocycles. The SMILES string of the molecule is C=C(C)/C=C(\CC)C(=O)Nc1ccc(OC)cc1[N+](=O)[O-]. The van der Waals surface area contributed by atoms with Crippen LogP contribution in [0, 0.1) is 10.1 Å². The molecule has 1 aromatic rings. The average molecular weight is 290 g/mol. The van der Waals surface area contributed by atoms with Crippen LogP contribution in [-0.4, -0.2) is 17.9 Å². The summed E-state index contributed by atoms with van der Waals surface area (Å²) in [5.74, 6) is -0.0262. The maximum absolute atomic E-state index is 12.1. The van der Waals surface area contributed by atoms with Crippen molar-refractivity contribution in [3.05, 3.63) is 52.1 Å². The number of carbonyl (C=O) groups excluding carboxylic acids is 1. The minimum Gasteiger partial charge on any atom is -0.496 e. The number of nitro benzene ring substituents is 1. The van der Waals surface area contributed by atoms with Gasteiger partial charge in [-0.1, -0.05) is 25.2 Å². The van der Waals surface area contributed by atoms with Crippen molar-refractivity contribution in [3.8, 4) is 5.75 Å². The Balaban J connectivity index is 3.10. The van der Waals surface area contributed by atoms with Crippen molar-refractivity contribution < 1.29 is 14.5 Å². The Morgan fingerprint density at radius 2 is 2.19 bits per heavy atom. The summed E-state index contributed by atoms with van der Waals surface area (Å²) in [6.45, 7) is 7.33. The highest BCUT2D eigenvalue weighted by Gasteiger charge is 2.18. The van der Waals surface area contributed by atoms with Gasteiger partial charge in [0.1, 0.15) is 11.4 Å². The summed E-state index contributed by atoms with van der Waals surface area (Å²) in [6.07, 6.45) is 2.16. The molecule has 0 saturated heterocycles. The lowest BCUT2D eigenvalue weighted by Gasteiger charge is -2.09. The first-order valence-electron chi connectivity index (χ1n) is 6.38. The van der Waals surface area contributed by atoms with Gasteiger partial charge in [0.25, 0.3) is 11.6 Å². The number of hydrogen-bond donors (Lipinski definition) is 1. The molecule has 0 atom stereocenters. The first kappa shape index (κ1) is 16.4. The summed E-state index contributed by atoms with van der Waals surface area (Å²) in [5, 5.41) is 13.6. The fourth-order valence-corrected chi connectivity index (χ4v) is 1.72. The molecular formula is C15H18N2O4. The van der Waals surface area contributed by atoms with E-state index >= 15 is 0 Å². The smallest absolute Gasteiger partial charge is 0.296 e. The number of nitrogens with zero attached hydrogens (tertiary/aromatic N) is 1. The van der Waals surface area contributed by atoms with Gasteiger partial charge in [0.15, 0.2) is 0 Å². The third-order valence-electron chi connectivity index (χ3n) is 2.74. The van der Waals surface area contributed by atoms with Crippen molar-refractivity contribution >= 4 is 17.3 Å². The number of methoxy groups -OCH3 is 1. The monoisotopic (exact) mass is 290 g/mol. The van der Waals surface area contributed by atoms with E-state index in [4.69, 9.17) is 4.74 Å². The van der Waals surface area contributed by atoms with Crippen LogP contribution in [0.3, 0.4) is 0 Å². The van der Waals surface area contributed by atoms with E-state index in [0.29, 0.717) is 17.7 Å². The number of nitrogens with one attached hydrogen (secondary N) is 1. The van der Waals surface area contributed by atoms with Crippen LogP contribution in [0.5, 0.6) is 5.75 Å². The number of rotatable bonds is 6. The number of hydrogen-bond acceptors (Lipinski definition) is 4. The third kappa shape index (κ3) is 4.45. The molecule has 1 N–H and O–H groups in total. The quantitative estimate of drug-likeness (QED) is 0.376. The Bertz CT molecular complexity index is 606. The molecule has 0 spiro atoms. The summed E-state index contributed by atoms with van der Waals surface area (Å²) >= 11 is 0. The lowest BCUT2D eigenvalue weighted by Crippen LogP contribution is -2.15. The molecule has 1 amide bonds. The van der Waals surface area contributed by atoms with Gasteiger partial charge in [-0.2, -0.15) is 0 Å². The van der Waals surface area contributed by atoms with Gasteiger partial charge in [-0.25, -0.2) is 0 Å². The van der Waals surface area contributed by atoms with Crippen LogP contribution >= 0.6 is 0 Å². The minimum absolute atomic E-state index is 0.131. The zero-order chi connectivity index (χ0) is 16.0. The Kier molecular flexibility index (Phi) is 5.66. The highest BCUT2D eigenvalue weighted by molar-refractivity contribution is 6.05. The standard InChI is InChI=1S/C15H18N2O4/c1-5-11(8-10(2)3)15(18)16-13-7-6-12(21-4)9-14(13)17(19)20/h6-9H,2,5H2,1,3-4H3,(H,16,18)/b11-8+. The molecule has 0 heterocycles. The molecule has 0 aliphatic heterocycles. The van der Waals surface area contributed by atoms with Gasteiger partial charge in [0, 0.05) is 5.57 Å². The normalized spacial score (nSPS) is 10.9. The Hall–Kier alpha value is -2.63. The molecule has 112 valence electrons. The third-order valence-corrected chi connectivity index (χ3v) is 2.74. The van der Waals surface area contributed by atoms with Crippen molar-refractivity contribution in [2.45, 2.75) is 20.3 Å². The molecule has 0 saturated carbocycles. The number of carbonyl (C=O) groups is 1. The van der Waals surface area contributed by atoms with Crippen LogP contribution in [0.2, 0.25) is 0 Å². The second-order valence-corrected chi connectivity index (χ2v) is 4.46. The number of allylic oxidation sites excluding steroid dienone is 2. The molecule has 0 aliphatic carbocycles. The van der Waals surface area contributed by atoms with E-state index in [9.17, 15) is 14.9 Å². The van der Waals surface area contributed by atoms with Crippen LogP contribution in [-0.2, 0) is 4.79 Å². The summed E-state index contributed by atoms with van der Waals surface area (Å²) in [4.78, 5) is 22.6. The lowest BCUT2D eigenvalue weighted by atomic mass is 10.1. The fraction of sp³-hybridized carbons (Fsp3) is 0.267. The first-order valence-corrected chi connectivity index (χ1v) is 6.38. The molecule has 6 nitrogen and oxygen atoms in total. The van der Waals surface area contributed by atoms with Crippen LogP contribution < -0.4 is 10.1 Å². The molecule has 1 rings (SSSR count). The maximum Gasteiger partial charge on any atom is 0.296 e. The van der Waals surface area contributed by atoms with Gasteiger partial charge in [-0.05, 0) is 25.5 Å². The van der Waals surface area contributed by atoms with Crippen LogP contribution in [0.25, 0.3) is 0 Å². The van der Waals surface area contributed by atoms with E-state index in [0.717, 1.165) is 5.57 Å². The van der Waals surface area contributed by atoms with Crippen molar-refractivity contribution in [3.63, 3.8) is 0 Å². The molecule has 6 heteroatoms. The van der Waals surface area contributed by atoms with Gasteiger partial charge in [0.05, 0.1) is 18.1 Å². The Morgan fingerprint density at radius 3 is 2.67 bits per heavy atom. The fourth-order valence-electron chi connectivity index (χ4n) is 1.72. The highest BCUT2D eigenvalue weighted by Crippen LogP contribution is 2.29. The Labute approximate surface area is 123 Å². The van der Waals surface area contributed by atoms with Crippen LogP contribution in [0.1, 0.15) is 20.3 Å². The van der Waals surface area contributed by atoms with Gasteiger partial charge >= 0.3 is 0 Å². The van der Waals surface area contributed by atoms with Crippen molar-refractivity contribution in [2.75, 3.05) is 12.4 Å². The first-order chi connectivity index (χ1) is 9.88. The minimum atomic E-state index is -0.563. The predicted molar refractivity (Wildman–Crippen MR) is 81.5 cm³/mol. The van der Waals surface area contributed by atoms with Gasteiger partial charge < -0.3 is 10.1 Å². The molecule has 0 bridgehead atoms. The van der Waals surface area contributed by atoms with Crippen LogP contribution in [0.15, 0.2) is 42.0 Å². The topological polar surface area (TPSA) is 81.5 Å². The zero-order valence-electron chi connectivity index (χ0n) is 12.3. The van der Waals surface area contributed by atoms with Crippen molar-refractivity contribution in [1.29, 1.82) is 0 Å². The zero-order valence-corrected chi connectivity index (χ0v) is 12.3. The van der Waals surface area contributed by atoms with E-state index < -0.39 is 4.92 Å². The van der Waals surface area contributed by atoms with Gasteiger partial charge in [-0.15, -0.1) is 0 Å². The molecule has 0 radical (unpaired) electrons.